The quantitative estimate of drug-likeness (QED) is 0.644. The minimum Gasteiger partial charge on any atom is -0.476 e. The van der Waals surface area contributed by atoms with Crippen LogP contribution in [0.2, 0.25) is 0 Å². The summed E-state index contributed by atoms with van der Waals surface area (Å²) in [6.07, 6.45) is 5.63. The van der Waals surface area contributed by atoms with Crippen molar-refractivity contribution in [1.29, 1.82) is 0 Å². The van der Waals surface area contributed by atoms with E-state index in [0.29, 0.717) is 29.9 Å². The van der Waals surface area contributed by atoms with Gasteiger partial charge in [0.2, 0.25) is 5.88 Å². The smallest absolute Gasteiger partial charge is 0.242 e. The molecule has 0 saturated carbocycles. The third-order valence-corrected chi connectivity index (χ3v) is 3.15. The Morgan fingerprint density at radius 2 is 1.90 bits per heavy atom. The van der Waals surface area contributed by atoms with E-state index in [0.717, 1.165) is 25.2 Å². The van der Waals surface area contributed by atoms with Crippen LogP contribution in [-0.4, -0.2) is 23.1 Å². The first kappa shape index (κ1) is 17.5. The van der Waals surface area contributed by atoms with Crippen LogP contribution in [0.25, 0.3) is 0 Å². The van der Waals surface area contributed by atoms with Gasteiger partial charge in [0.15, 0.2) is 5.82 Å². The van der Waals surface area contributed by atoms with Gasteiger partial charge >= 0.3 is 0 Å². The van der Waals surface area contributed by atoms with Gasteiger partial charge in [-0.15, -0.1) is 0 Å². The molecule has 0 unspecified atom stereocenters. The van der Waals surface area contributed by atoms with Gasteiger partial charge in [-0.1, -0.05) is 47.0 Å². The number of unbranched alkanes of at least 4 members (excludes halogenated alkanes) is 3. The second-order valence-electron chi connectivity index (χ2n) is 5.75. The Balaban J connectivity index is 2.70. The highest BCUT2D eigenvalue weighted by molar-refractivity contribution is 5.66. The molecule has 1 heterocycles. The number of hydrogen-bond donors (Lipinski definition) is 2. The number of nitrogens with one attached hydrogen (secondary N) is 1. The van der Waals surface area contributed by atoms with Crippen molar-refractivity contribution >= 4 is 11.5 Å². The van der Waals surface area contributed by atoms with E-state index in [4.69, 9.17) is 10.5 Å². The van der Waals surface area contributed by atoms with Crippen molar-refractivity contribution in [2.75, 3.05) is 24.2 Å². The van der Waals surface area contributed by atoms with E-state index >= 15 is 0 Å². The van der Waals surface area contributed by atoms with Crippen molar-refractivity contribution in [2.45, 2.75) is 59.8 Å². The van der Waals surface area contributed by atoms with E-state index in [9.17, 15) is 0 Å². The second-order valence-corrected chi connectivity index (χ2v) is 5.75. The van der Waals surface area contributed by atoms with Gasteiger partial charge in [0.25, 0.3) is 0 Å². The number of nitrogen functional groups attached to an aromatic ring is 1. The molecule has 0 amide bonds. The van der Waals surface area contributed by atoms with Gasteiger partial charge in [0.1, 0.15) is 11.5 Å². The van der Waals surface area contributed by atoms with Gasteiger partial charge in [-0.25, -0.2) is 4.98 Å². The highest BCUT2D eigenvalue weighted by atomic mass is 16.5. The molecule has 0 spiro atoms. The monoisotopic (exact) mass is 294 g/mol. The summed E-state index contributed by atoms with van der Waals surface area (Å²) < 4.78 is 5.71. The normalized spacial score (nSPS) is 10.9. The maximum absolute atomic E-state index is 6.12. The molecular formula is C16H30N4O. The fourth-order valence-corrected chi connectivity index (χ4v) is 1.90. The lowest BCUT2D eigenvalue weighted by Crippen LogP contribution is -2.13. The maximum atomic E-state index is 6.12. The standard InChI is InChI=1S/C16H30N4O/c1-5-7-8-9-10-18-15-14(17)16(21-11-12(3)4)20-13(6-2)19-15/h12H,5-11,17H2,1-4H3,(H,18,19,20). The molecular weight excluding hydrogens is 264 g/mol. The average Bonchev–Trinajstić information content (AvgIpc) is 2.47. The fraction of sp³-hybridized carbons (Fsp3) is 0.750. The Labute approximate surface area is 128 Å². The van der Waals surface area contributed by atoms with Gasteiger partial charge in [-0.05, 0) is 12.3 Å². The molecule has 0 radical (unpaired) electrons. The first-order valence-corrected chi connectivity index (χ1v) is 8.11. The second kappa shape index (κ2) is 9.42. The SMILES string of the molecule is CCCCCCNc1nc(CC)nc(OCC(C)C)c1N. The number of hydrogen-bond acceptors (Lipinski definition) is 5. The zero-order chi connectivity index (χ0) is 15.7. The summed E-state index contributed by atoms with van der Waals surface area (Å²) in [5.74, 6) is 2.41. The molecule has 0 saturated heterocycles. The summed E-state index contributed by atoms with van der Waals surface area (Å²) in [5.41, 5.74) is 6.64. The van der Waals surface area contributed by atoms with Gasteiger partial charge < -0.3 is 15.8 Å². The summed E-state index contributed by atoms with van der Waals surface area (Å²) in [4.78, 5) is 8.85. The van der Waals surface area contributed by atoms with E-state index in [1.807, 2.05) is 6.92 Å². The first-order valence-electron chi connectivity index (χ1n) is 8.11. The van der Waals surface area contributed by atoms with E-state index in [-0.39, 0.29) is 0 Å². The number of anilines is 2. The van der Waals surface area contributed by atoms with Crippen LogP contribution < -0.4 is 15.8 Å². The maximum Gasteiger partial charge on any atom is 0.242 e. The molecule has 0 aliphatic heterocycles. The number of aryl methyl sites for hydroxylation is 1. The Morgan fingerprint density at radius 3 is 2.52 bits per heavy atom. The van der Waals surface area contributed by atoms with Crippen LogP contribution in [0.3, 0.4) is 0 Å². The summed E-state index contributed by atoms with van der Waals surface area (Å²) in [6.45, 7) is 9.94. The minimum absolute atomic E-state index is 0.440. The number of rotatable bonds is 10. The Morgan fingerprint density at radius 1 is 1.14 bits per heavy atom. The number of nitrogens with zero attached hydrogens (tertiary/aromatic N) is 2. The highest BCUT2D eigenvalue weighted by Gasteiger charge is 2.12. The molecule has 0 atom stereocenters. The minimum atomic E-state index is 0.440. The number of nitrogens with two attached hydrogens (primary N) is 1. The molecule has 120 valence electrons. The van der Waals surface area contributed by atoms with Crippen LogP contribution >= 0.6 is 0 Å². The summed E-state index contributed by atoms with van der Waals surface area (Å²) in [7, 11) is 0. The van der Waals surface area contributed by atoms with Crippen molar-refractivity contribution in [2.24, 2.45) is 5.92 Å². The van der Waals surface area contributed by atoms with Crippen LogP contribution in [0.4, 0.5) is 11.5 Å². The molecule has 5 nitrogen and oxygen atoms in total. The van der Waals surface area contributed by atoms with Gasteiger partial charge in [-0.2, -0.15) is 4.98 Å². The van der Waals surface area contributed by atoms with Crippen LogP contribution in [0.15, 0.2) is 0 Å². The van der Waals surface area contributed by atoms with Crippen LogP contribution in [-0.2, 0) is 6.42 Å². The summed E-state index contributed by atoms with van der Waals surface area (Å²) in [6, 6.07) is 0. The number of ether oxygens (including phenoxy) is 1. The fourth-order valence-electron chi connectivity index (χ4n) is 1.90. The molecule has 3 N–H and O–H groups in total. The van der Waals surface area contributed by atoms with Crippen molar-refractivity contribution in [3.05, 3.63) is 5.82 Å². The van der Waals surface area contributed by atoms with Gasteiger partial charge in [0, 0.05) is 13.0 Å². The highest BCUT2D eigenvalue weighted by Crippen LogP contribution is 2.26. The van der Waals surface area contributed by atoms with Crippen LogP contribution in [0.5, 0.6) is 5.88 Å². The molecule has 1 aromatic heterocycles. The molecule has 5 heteroatoms. The topological polar surface area (TPSA) is 73.1 Å². The summed E-state index contributed by atoms with van der Waals surface area (Å²) >= 11 is 0. The van der Waals surface area contributed by atoms with E-state index in [1.54, 1.807) is 0 Å². The predicted octanol–water partition coefficient (Wildman–Crippen LogP) is 3.65. The Hall–Kier alpha value is -1.52. The molecule has 0 aliphatic carbocycles. The lowest BCUT2D eigenvalue weighted by molar-refractivity contribution is 0.262. The lowest BCUT2D eigenvalue weighted by atomic mass is 10.2. The lowest BCUT2D eigenvalue weighted by Gasteiger charge is -2.14. The Bertz CT molecular complexity index is 421. The van der Waals surface area contributed by atoms with E-state index in [1.165, 1.54) is 19.3 Å². The molecule has 0 fully saturated rings. The van der Waals surface area contributed by atoms with Gasteiger partial charge in [0.05, 0.1) is 6.61 Å². The van der Waals surface area contributed by atoms with Crippen molar-refractivity contribution in [1.82, 2.24) is 9.97 Å². The predicted molar refractivity (Wildman–Crippen MR) is 88.8 cm³/mol. The average molecular weight is 294 g/mol. The summed E-state index contributed by atoms with van der Waals surface area (Å²) in [5, 5.41) is 3.32. The molecule has 1 rings (SSSR count). The molecule has 0 aromatic carbocycles. The van der Waals surface area contributed by atoms with Crippen molar-refractivity contribution < 1.29 is 4.74 Å². The van der Waals surface area contributed by atoms with Crippen molar-refractivity contribution in [3.8, 4) is 5.88 Å². The molecule has 21 heavy (non-hydrogen) atoms. The van der Waals surface area contributed by atoms with Crippen LogP contribution in [0, 0.1) is 5.92 Å². The zero-order valence-corrected chi connectivity index (χ0v) is 13.9. The van der Waals surface area contributed by atoms with Crippen molar-refractivity contribution in [3.63, 3.8) is 0 Å². The Kier molecular flexibility index (Phi) is 7.87. The zero-order valence-electron chi connectivity index (χ0n) is 13.9. The third kappa shape index (κ3) is 6.19. The molecule has 0 aliphatic rings. The third-order valence-electron chi connectivity index (χ3n) is 3.15. The molecule has 0 bridgehead atoms. The first-order chi connectivity index (χ1) is 10.1. The van der Waals surface area contributed by atoms with E-state index < -0.39 is 0 Å². The van der Waals surface area contributed by atoms with E-state index in [2.05, 4.69) is 36.1 Å². The number of aromatic nitrogens is 2. The molecule has 1 aromatic rings. The largest absolute Gasteiger partial charge is 0.476 e. The van der Waals surface area contributed by atoms with Crippen LogP contribution in [0.1, 0.15) is 59.2 Å². The van der Waals surface area contributed by atoms with Gasteiger partial charge in [-0.3, -0.25) is 0 Å².